The van der Waals surface area contributed by atoms with Crippen LogP contribution in [0.1, 0.15) is 36.1 Å². The van der Waals surface area contributed by atoms with E-state index in [0.717, 1.165) is 5.76 Å². The summed E-state index contributed by atoms with van der Waals surface area (Å²) in [7, 11) is -1.44. The van der Waals surface area contributed by atoms with E-state index in [1.807, 2.05) is 26.0 Å². The van der Waals surface area contributed by atoms with E-state index < -0.39 is 15.9 Å². The van der Waals surface area contributed by atoms with Gasteiger partial charge in [0.05, 0.1) is 29.8 Å². The standard InChI is InChI=1S/C16H22N4O4S/c1-11-4-5-15(24-11)12(2)18-16(21)20-6-7-25(22,23)10-14(20)13-8-17-19(3)9-13/h4-5,8-9,12,14H,6-7,10H2,1-3H3,(H,18,21)/t12-,14-/m0/s1. The molecule has 0 aromatic carbocycles. The number of furan rings is 1. The smallest absolute Gasteiger partial charge is 0.318 e. The van der Waals surface area contributed by atoms with Crippen molar-refractivity contribution in [3.8, 4) is 0 Å². The van der Waals surface area contributed by atoms with Gasteiger partial charge in [0.25, 0.3) is 0 Å². The Balaban J connectivity index is 1.79. The molecule has 3 heterocycles. The predicted molar refractivity (Wildman–Crippen MR) is 91.7 cm³/mol. The van der Waals surface area contributed by atoms with Gasteiger partial charge in [0.2, 0.25) is 0 Å². The van der Waals surface area contributed by atoms with Gasteiger partial charge in [0.1, 0.15) is 11.5 Å². The van der Waals surface area contributed by atoms with Crippen molar-refractivity contribution in [3.63, 3.8) is 0 Å². The molecule has 1 saturated heterocycles. The van der Waals surface area contributed by atoms with E-state index in [2.05, 4.69) is 10.4 Å². The molecule has 2 amide bonds. The summed E-state index contributed by atoms with van der Waals surface area (Å²) in [5.74, 6) is 1.30. The number of hydrogen-bond donors (Lipinski definition) is 1. The summed E-state index contributed by atoms with van der Waals surface area (Å²) < 4.78 is 31.2. The average Bonchev–Trinajstić information content (AvgIpc) is 3.14. The van der Waals surface area contributed by atoms with E-state index >= 15 is 0 Å². The Kier molecular flexibility index (Phi) is 4.59. The lowest BCUT2D eigenvalue weighted by Crippen LogP contribution is -2.50. The predicted octanol–water partition coefficient (Wildman–Crippen LogP) is 1.56. The normalized spacial score (nSPS) is 21.1. The van der Waals surface area contributed by atoms with Crippen LogP contribution in [0.25, 0.3) is 0 Å². The number of urea groups is 1. The van der Waals surface area contributed by atoms with E-state index in [-0.39, 0.29) is 30.1 Å². The van der Waals surface area contributed by atoms with Crippen LogP contribution in [-0.2, 0) is 16.9 Å². The van der Waals surface area contributed by atoms with Gasteiger partial charge in [-0.25, -0.2) is 13.2 Å². The fourth-order valence-corrected chi connectivity index (χ4v) is 4.46. The molecule has 1 aliphatic rings. The van der Waals surface area contributed by atoms with E-state index in [1.165, 1.54) is 0 Å². The summed E-state index contributed by atoms with van der Waals surface area (Å²) in [6.45, 7) is 3.82. The first-order chi connectivity index (χ1) is 11.7. The van der Waals surface area contributed by atoms with Crippen molar-refractivity contribution in [2.75, 3.05) is 18.1 Å². The molecule has 2 atom stereocenters. The number of nitrogens with zero attached hydrogens (tertiary/aromatic N) is 3. The van der Waals surface area contributed by atoms with Crippen LogP contribution in [0.4, 0.5) is 4.79 Å². The maximum Gasteiger partial charge on any atom is 0.318 e. The molecule has 0 radical (unpaired) electrons. The van der Waals surface area contributed by atoms with Crippen LogP contribution in [0, 0.1) is 6.92 Å². The van der Waals surface area contributed by atoms with Crippen LogP contribution >= 0.6 is 0 Å². The second-order valence-corrected chi connectivity index (χ2v) is 8.62. The van der Waals surface area contributed by atoms with Crippen LogP contribution in [0.2, 0.25) is 0 Å². The number of hydrogen-bond acceptors (Lipinski definition) is 5. The number of amides is 2. The summed E-state index contributed by atoms with van der Waals surface area (Å²) in [5.41, 5.74) is 0.711. The van der Waals surface area contributed by atoms with Crippen LogP contribution in [0.15, 0.2) is 28.9 Å². The Morgan fingerprint density at radius 3 is 2.80 bits per heavy atom. The summed E-state index contributed by atoms with van der Waals surface area (Å²) in [5, 5.41) is 6.98. The number of rotatable bonds is 3. The number of carbonyl (C=O) groups excluding carboxylic acids is 1. The molecular formula is C16H22N4O4S. The Morgan fingerprint density at radius 1 is 1.44 bits per heavy atom. The van der Waals surface area contributed by atoms with Gasteiger partial charge in [0.15, 0.2) is 9.84 Å². The molecule has 9 heteroatoms. The van der Waals surface area contributed by atoms with Crippen LogP contribution in [-0.4, -0.2) is 47.2 Å². The Bertz CT molecular complexity index is 870. The van der Waals surface area contributed by atoms with E-state index in [1.54, 1.807) is 29.0 Å². The molecule has 0 spiro atoms. The molecule has 3 rings (SSSR count). The van der Waals surface area contributed by atoms with Gasteiger partial charge >= 0.3 is 6.03 Å². The SMILES string of the molecule is Cc1ccc([C@H](C)NC(=O)N2CCS(=O)(=O)C[C@H]2c2cnn(C)c2)o1. The largest absolute Gasteiger partial charge is 0.464 e. The molecule has 2 aromatic heterocycles. The maximum atomic E-state index is 12.7. The van der Waals surface area contributed by atoms with Gasteiger partial charge in [-0.15, -0.1) is 0 Å². The van der Waals surface area contributed by atoms with Crippen LogP contribution in [0.3, 0.4) is 0 Å². The van der Waals surface area contributed by atoms with Crippen molar-refractivity contribution < 1.29 is 17.6 Å². The molecule has 0 bridgehead atoms. The molecule has 0 aliphatic carbocycles. The van der Waals surface area contributed by atoms with Gasteiger partial charge in [-0.3, -0.25) is 4.68 Å². The van der Waals surface area contributed by atoms with E-state index in [9.17, 15) is 13.2 Å². The molecular weight excluding hydrogens is 344 g/mol. The average molecular weight is 366 g/mol. The fraction of sp³-hybridized carbons (Fsp3) is 0.500. The zero-order valence-electron chi connectivity index (χ0n) is 14.5. The minimum atomic E-state index is -3.19. The Hall–Kier alpha value is -2.29. The van der Waals surface area contributed by atoms with Crippen molar-refractivity contribution in [1.29, 1.82) is 0 Å². The van der Waals surface area contributed by atoms with E-state index in [0.29, 0.717) is 11.3 Å². The Morgan fingerprint density at radius 2 is 2.20 bits per heavy atom. The highest BCUT2D eigenvalue weighted by atomic mass is 32.2. The first-order valence-corrected chi connectivity index (χ1v) is 9.90. The topological polar surface area (TPSA) is 97.4 Å². The molecule has 0 unspecified atom stereocenters. The highest BCUT2D eigenvalue weighted by Gasteiger charge is 2.36. The third-order valence-corrected chi connectivity index (χ3v) is 5.96. The van der Waals surface area contributed by atoms with Crippen LogP contribution < -0.4 is 5.32 Å². The lowest BCUT2D eigenvalue weighted by molar-refractivity contribution is 0.176. The van der Waals surface area contributed by atoms with Gasteiger partial charge in [-0.1, -0.05) is 0 Å². The number of aryl methyl sites for hydroxylation is 2. The van der Waals surface area contributed by atoms with Crippen molar-refractivity contribution in [3.05, 3.63) is 41.6 Å². The lowest BCUT2D eigenvalue weighted by atomic mass is 10.1. The number of sulfone groups is 1. The van der Waals surface area contributed by atoms with Gasteiger partial charge in [0, 0.05) is 25.4 Å². The van der Waals surface area contributed by atoms with Crippen molar-refractivity contribution in [2.24, 2.45) is 7.05 Å². The quantitative estimate of drug-likeness (QED) is 0.889. The first kappa shape index (κ1) is 17.5. The second-order valence-electron chi connectivity index (χ2n) is 6.39. The highest BCUT2D eigenvalue weighted by Crippen LogP contribution is 2.27. The molecule has 2 aromatic rings. The molecule has 25 heavy (non-hydrogen) atoms. The van der Waals surface area contributed by atoms with Crippen molar-refractivity contribution in [2.45, 2.75) is 25.9 Å². The molecule has 0 saturated carbocycles. The molecule has 1 aliphatic heterocycles. The third kappa shape index (κ3) is 3.87. The third-order valence-electron chi connectivity index (χ3n) is 4.33. The summed E-state index contributed by atoms with van der Waals surface area (Å²) in [4.78, 5) is 14.3. The lowest BCUT2D eigenvalue weighted by Gasteiger charge is -2.35. The molecule has 1 N–H and O–H groups in total. The molecule has 136 valence electrons. The molecule has 8 nitrogen and oxygen atoms in total. The summed E-state index contributed by atoms with van der Waals surface area (Å²) in [6.07, 6.45) is 3.34. The summed E-state index contributed by atoms with van der Waals surface area (Å²) >= 11 is 0. The maximum absolute atomic E-state index is 12.7. The highest BCUT2D eigenvalue weighted by molar-refractivity contribution is 7.91. The van der Waals surface area contributed by atoms with Gasteiger partial charge in [-0.2, -0.15) is 5.10 Å². The number of nitrogens with one attached hydrogen (secondary N) is 1. The van der Waals surface area contributed by atoms with Gasteiger partial charge in [-0.05, 0) is 26.0 Å². The number of carbonyl (C=O) groups is 1. The van der Waals surface area contributed by atoms with E-state index in [4.69, 9.17) is 4.42 Å². The second kappa shape index (κ2) is 6.55. The fourth-order valence-electron chi connectivity index (χ4n) is 2.96. The zero-order valence-corrected chi connectivity index (χ0v) is 15.3. The van der Waals surface area contributed by atoms with Gasteiger partial charge < -0.3 is 14.6 Å². The zero-order chi connectivity index (χ0) is 18.2. The minimum absolute atomic E-state index is 0.0363. The molecule has 1 fully saturated rings. The number of aromatic nitrogens is 2. The van der Waals surface area contributed by atoms with Crippen molar-refractivity contribution in [1.82, 2.24) is 20.0 Å². The Labute approximate surface area is 146 Å². The monoisotopic (exact) mass is 366 g/mol. The summed E-state index contributed by atoms with van der Waals surface area (Å²) in [6, 6.07) is 2.49. The van der Waals surface area contributed by atoms with Crippen LogP contribution in [0.5, 0.6) is 0 Å². The van der Waals surface area contributed by atoms with Crippen molar-refractivity contribution >= 4 is 15.9 Å². The first-order valence-electron chi connectivity index (χ1n) is 8.07. The minimum Gasteiger partial charge on any atom is -0.464 e.